The van der Waals surface area contributed by atoms with Gasteiger partial charge < -0.3 is 10.6 Å². The van der Waals surface area contributed by atoms with E-state index in [0.717, 1.165) is 44.1 Å². The van der Waals surface area contributed by atoms with Crippen molar-refractivity contribution in [1.82, 2.24) is 4.90 Å². The molecule has 0 spiro atoms. The number of nitrogens with two attached hydrogens (primary N) is 1. The summed E-state index contributed by atoms with van der Waals surface area (Å²) < 4.78 is 0. The van der Waals surface area contributed by atoms with E-state index in [1.54, 1.807) is 0 Å². The van der Waals surface area contributed by atoms with Crippen molar-refractivity contribution in [2.24, 2.45) is 23.5 Å². The number of carbonyl (C=O) groups excluding carboxylic acids is 1. The van der Waals surface area contributed by atoms with Crippen molar-refractivity contribution >= 4 is 5.91 Å². The zero-order valence-corrected chi connectivity index (χ0v) is 10.5. The summed E-state index contributed by atoms with van der Waals surface area (Å²) in [6, 6.07) is 0.331. The fourth-order valence-corrected chi connectivity index (χ4v) is 2.77. The van der Waals surface area contributed by atoms with Crippen molar-refractivity contribution in [2.75, 3.05) is 13.6 Å². The Bertz CT molecular complexity index is 259. The lowest BCUT2D eigenvalue weighted by molar-refractivity contribution is -0.135. The van der Waals surface area contributed by atoms with E-state index in [0.29, 0.717) is 11.9 Å². The largest absolute Gasteiger partial charge is 0.345 e. The summed E-state index contributed by atoms with van der Waals surface area (Å²) in [7, 11) is 1.96. The van der Waals surface area contributed by atoms with E-state index in [-0.39, 0.29) is 5.92 Å². The standard InChI is InChI=1S/C13H24N2O/c1-9-7-11(9)8-15(2)13(16)10-3-5-12(14)6-4-10/h9-12H,3-8,14H2,1-2H3. The summed E-state index contributed by atoms with van der Waals surface area (Å²) >= 11 is 0. The van der Waals surface area contributed by atoms with Crippen LogP contribution < -0.4 is 5.73 Å². The third-order valence-electron chi connectivity index (χ3n) is 4.28. The van der Waals surface area contributed by atoms with Crippen molar-refractivity contribution < 1.29 is 4.79 Å². The molecule has 2 aliphatic carbocycles. The molecule has 2 fully saturated rings. The van der Waals surface area contributed by atoms with Gasteiger partial charge in [-0.3, -0.25) is 4.79 Å². The number of hydrogen-bond acceptors (Lipinski definition) is 2. The van der Waals surface area contributed by atoms with Crippen LogP contribution in [0.5, 0.6) is 0 Å². The van der Waals surface area contributed by atoms with Crippen molar-refractivity contribution in [3.05, 3.63) is 0 Å². The van der Waals surface area contributed by atoms with E-state index in [4.69, 9.17) is 5.73 Å². The van der Waals surface area contributed by atoms with Gasteiger partial charge in [0.1, 0.15) is 0 Å². The van der Waals surface area contributed by atoms with Crippen LogP contribution in [0.1, 0.15) is 39.0 Å². The summed E-state index contributed by atoms with van der Waals surface area (Å²) in [5.74, 6) is 2.19. The van der Waals surface area contributed by atoms with E-state index in [2.05, 4.69) is 6.92 Å². The highest BCUT2D eigenvalue weighted by Crippen LogP contribution is 2.38. The Morgan fingerprint density at radius 1 is 1.31 bits per heavy atom. The second-order valence-corrected chi connectivity index (χ2v) is 5.80. The summed E-state index contributed by atoms with van der Waals surface area (Å²) in [5.41, 5.74) is 5.86. The van der Waals surface area contributed by atoms with E-state index >= 15 is 0 Å². The smallest absolute Gasteiger partial charge is 0.225 e. The average Bonchev–Trinajstić information content (AvgIpc) is 2.94. The van der Waals surface area contributed by atoms with Crippen LogP contribution >= 0.6 is 0 Å². The Balaban J connectivity index is 1.77. The molecule has 0 aromatic rings. The minimum Gasteiger partial charge on any atom is -0.345 e. The molecule has 0 aliphatic heterocycles. The lowest BCUT2D eigenvalue weighted by Gasteiger charge is -2.29. The Morgan fingerprint density at radius 2 is 1.88 bits per heavy atom. The van der Waals surface area contributed by atoms with Crippen LogP contribution in [0.25, 0.3) is 0 Å². The van der Waals surface area contributed by atoms with Gasteiger partial charge in [0.15, 0.2) is 0 Å². The Morgan fingerprint density at radius 3 is 2.38 bits per heavy atom. The fraction of sp³-hybridized carbons (Fsp3) is 0.923. The molecule has 0 saturated heterocycles. The number of hydrogen-bond donors (Lipinski definition) is 1. The maximum Gasteiger partial charge on any atom is 0.225 e. The number of nitrogens with zero attached hydrogens (tertiary/aromatic N) is 1. The molecule has 0 aromatic heterocycles. The summed E-state index contributed by atoms with van der Waals surface area (Å²) in [4.78, 5) is 14.1. The molecule has 3 nitrogen and oxygen atoms in total. The molecular weight excluding hydrogens is 200 g/mol. The minimum atomic E-state index is 0.249. The fourth-order valence-electron chi connectivity index (χ4n) is 2.77. The Hall–Kier alpha value is -0.570. The molecule has 2 unspecified atom stereocenters. The third kappa shape index (κ3) is 2.76. The normalized spacial score (nSPS) is 38.2. The van der Waals surface area contributed by atoms with Crippen LogP contribution in [0.3, 0.4) is 0 Å². The minimum absolute atomic E-state index is 0.249. The van der Waals surface area contributed by atoms with Crippen molar-refractivity contribution in [1.29, 1.82) is 0 Å². The Kier molecular flexibility index (Phi) is 3.53. The van der Waals surface area contributed by atoms with Crippen LogP contribution in [0.15, 0.2) is 0 Å². The van der Waals surface area contributed by atoms with Gasteiger partial charge in [-0.25, -0.2) is 0 Å². The predicted molar refractivity (Wildman–Crippen MR) is 64.8 cm³/mol. The van der Waals surface area contributed by atoms with Gasteiger partial charge >= 0.3 is 0 Å². The molecule has 0 heterocycles. The Labute approximate surface area is 98.4 Å². The summed E-state index contributed by atoms with van der Waals surface area (Å²) in [6.07, 6.45) is 5.32. The highest BCUT2D eigenvalue weighted by molar-refractivity contribution is 5.78. The quantitative estimate of drug-likeness (QED) is 0.792. The number of rotatable bonds is 3. The first kappa shape index (κ1) is 11.9. The molecule has 2 N–H and O–H groups in total. The van der Waals surface area contributed by atoms with E-state index in [9.17, 15) is 4.79 Å². The van der Waals surface area contributed by atoms with Gasteiger partial charge in [-0.15, -0.1) is 0 Å². The predicted octanol–water partition coefficient (Wildman–Crippen LogP) is 1.62. The maximum atomic E-state index is 12.2. The molecule has 1 amide bonds. The first-order valence-electron chi connectivity index (χ1n) is 6.58. The first-order valence-corrected chi connectivity index (χ1v) is 6.58. The molecule has 0 radical (unpaired) electrons. The molecular formula is C13H24N2O. The van der Waals surface area contributed by atoms with E-state index < -0.39 is 0 Å². The molecule has 2 aliphatic rings. The zero-order chi connectivity index (χ0) is 11.7. The summed E-state index contributed by atoms with van der Waals surface area (Å²) in [5, 5.41) is 0. The molecule has 3 heteroatoms. The van der Waals surface area contributed by atoms with Crippen LogP contribution in [-0.2, 0) is 4.79 Å². The molecule has 2 saturated carbocycles. The van der Waals surface area contributed by atoms with Gasteiger partial charge in [-0.1, -0.05) is 6.92 Å². The topological polar surface area (TPSA) is 46.3 Å². The molecule has 2 atom stereocenters. The van der Waals surface area contributed by atoms with Crippen molar-refractivity contribution in [3.63, 3.8) is 0 Å². The second-order valence-electron chi connectivity index (χ2n) is 5.80. The molecule has 0 bridgehead atoms. The molecule has 0 aromatic carbocycles. The van der Waals surface area contributed by atoms with E-state index in [1.165, 1.54) is 6.42 Å². The maximum absolute atomic E-state index is 12.2. The van der Waals surface area contributed by atoms with Crippen molar-refractivity contribution in [3.8, 4) is 0 Å². The van der Waals surface area contributed by atoms with Gasteiger partial charge in [-0.2, -0.15) is 0 Å². The van der Waals surface area contributed by atoms with E-state index in [1.807, 2.05) is 11.9 Å². The van der Waals surface area contributed by atoms with Crippen LogP contribution in [0.4, 0.5) is 0 Å². The van der Waals surface area contributed by atoms with Gasteiger partial charge in [0.2, 0.25) is 5.91 Å². The highest BCUT2D eigenvalue weighted by Gasteiger charge is 2.35. The second kappa shape index (κ2) is 4.74. The number of carbonyl (C=O) groups is 1. The summed E-state index contributed by atoms with van der Waals surface area (Å²) in [6.45, 7) is 3.23. The van der Waals surface area contributed by atoms with Crippen molar-refractivity contribution in [2.45, 2.75) is 45.1 Å². The van der Waals surface area contributed by atoms with Crippen LogP contribution in [0.2, 0.25) is 0 Å². The zero-order valence-electron chi connectivity index (χ0n) is 10.5. The highest BCUT2D eigenvalue weighted by atomic mass is 16.2. The molecule has 2 rings (SSSR count). The van der Waals surface area contributed by atoms with Gasteiger partial charge in [-0.05, 0) is 43.9 Å². The van der Waals surface area contributed by atoms with Gasteiger partial charge in [0.05, 0.1) is 0 Å². The average molecular weight is 224 g/mol. The van der Waals surface area contributed by atoms with Crippen LogP contribution in [-0.4, -0.2) is 30.4 Å². The third-order valence-corrected chi connectivity index (χ3v) is 4.28. The SMILES string of the molecule is CC1CC1CN(C)C(=O)C1CCC(N)CC1. The van der Waals surface area contributed by atoms with Gasteiger partial charge in [0, 0.05) is 25.6 Å². The lowest BCUT2D eigenvalue weighted by atomic mass is 9.85. The van der Waals surface area contributed by atoms with Gasteiger partial charge in [0.25, 0.3) is 0 Å². The number of amides is 1. The monoisotopic (exact) mass is 224 g/mol. The molecule has 16 heavy (non-hydrogen) atoms. The van der Waals surface area contributed by atoms with Crippen LogP contribution in [0, 0.1) is 17.8 Å². The lowest BCUT2D eigenvalue weighted by Crippen LogP contribution is -2.38. The first-order chi connectivity index (χ1) is 7.58. The molecule has 92 valence electrons.